The standard InChI is InChI=1S/C17H23NO2S/c1-13(2)11-19-17-7-5-4-6-16(17)18-10-14-8-9-15(20-14)12-21-3/h4-9,13,18H,10-12H2,1-3H3. The van der Waals surface area contributed by atoms with Crippen LogP contribution >= 0.6 is 11.8 Å². The molecule has 0 saturated heterocycles. The van der Waals surface area contributed by atoms with Gasteiger partial charge in [-0.2, -0.15) is 11.8 Å². The molecule has 1 aromatic heterocycles. The summed E-state index contributed by atoms with van der Waals surface area (Å²) in [5, 5.41) is 3.38. The Hall–Kier alpha value is -1.55. The van der Waals surface area contributed by atoms with E-state index in [0.29, 0.717) is 12.5 Å². The highest BCUT2D eigenvalue weighted by molar-refractivity contribution is 7.97. The van der Waals surface area contributed by atoms with Crippen molar-refractivity contribution < 1.29 is 9.15 Å². The first kappa shape index (κ1) is 15.8. The first-order valence-electron chi connectivity index (χ1n) is 7.21. The number of para-hydroxylation sites is 2. The molecule has 2 rings (SSSR count). The van der Waals surface area contributed by atoms with E-state index in [1.54, 1.807) is 11.8 Å². The Bertz CT molecular complexity index is 551. The molecule has 0 spiro atoms. The van der Waals surface area contributed by atoms with E-state index in [1.165, 1.54) is 0 Å². The number of hydrogen-bond acceptors (Lipinski definition) is 4. The molecule has 1 N–H and O–H groups in total. The van der Waals surface area contributed by atoms with Crippen LogP contribution in [0.15, 0.2) is 40.8 Å². The smallest absolute Gasteiger partial charge is 0.142 e. The van der Waals surface area contributed by atoms with Gasteiger partial charge in [0, 0.05) is 0 Å². The molecular formula is C17H23NO2S. The van der Waals surface area contributed by atoms with Gasteiger partial charge in [0.15, 0.2) is 0 Å². The lowest BCUT2D eigenvalue weighted by atomic mass is 10.2. The van der Waals surface area contributed by atoms with Gasteiger partial charge in [-0.05, 0) is 36.4 Å². The Morgan fingerprint density at radius 1 is 1.14 bits per heavy atom. The van der Waals surface area contributed by atoms with Gasteiger partial charge in [0.05, 0.1) is 24.6 Å². The van der Waals surface area contributed by atoms with Gasteiger partial charge in [-0.1, -0.05) is 26.0 Å². The van der Waals surface area contributed by atoms with Crippen LogP contribution in [0.2, 0.25) is 0 Å². The second-order valence-corrected chi connectivity index (χ2v) is 6.22. The maximum Gasteiger partial charge on any atom is 0.142 e. The third kappa shape index (κ3) is 5.05. The van der Waals surface area contributed by atoms with Crippen molar-refractivity contribution in [3.8, 4) is 5.75 Å². The first-order chi connectivity index (χ1) is 10.2. The molecule has 2 aromatic rings. The molecule has 4 heteroatoms. The number of rotatable bonds is 8. The molecule has 0 atom stereocenters. The van der Waals surface area contributed by atoms with Crippen LogP contribution in [0.3, 0.4) is 0 Å². The average Bonchev–Trinajstić information content (AvgIpc) is 2.92. The van der Waals surface area contributed by atoms with Crippen LogP contribution in [0.1, 0.15) is 25.4 Å². The van der Waals surface area contributed by atoms with Gasteiger partial charge >= 0.3 is 0 Å². The van der Waals surface area contributed by atoms with Crippen LogP contribution in [0.25, 0.3) is 0 Å². The number of anilines is 1. The maximum atomic E-state index is 5.83. The molecule has 0 aliphatic rings. The SMILES string of the molecule is CSCc1ccc(CNc2ccccc2OCC(C)C)o1. The van der Waals surface area contributed by atoms with E-state index in [-0.39, 0.29) is 0 Å². The molecule has 114 valence electrons. The topological polar surface area (TPSA) is 34.4 Å². The molecule has 3 nitrogen and oxygen atoms in total. The molecule has 0 fully saturated rings. The number of ether oxygens (including phenoxy) is 1. The molecule has 0 aliphatic carbocycles. The lowest BCUT2D eigenvalue weighted by Crippen LogP contribution is -2.07. The van der Waals surface area contributed by atoms with Gasteiger partial charge in [-0.3, -0.25) is 0 Å². The minimum Gasteiger partial charge on any atom is -0.491 e. The average molecular weight is 305 g/mol. The molecule has 0 saturated carbocycles. The van der Waals surface area contributed by atoms with E-state index >= 15 is 0 Å². The van der Waals surface area contributed by atoms with Gasteiger partial charge in [0.2, 0.25) is 0 Å². The molecule has 21 heavy (non-hydrogen) atoms. The Kier molecular flexibility index (Phi) is 6.05. The summed E-state index contributed by atoms with van der Waals surface area (Å²) in [6, 6.07) is 12.1. The number of thioether (sulfide) groups is 1. The quantitative estimate of drug-likeness (QED) is 0.760. The molecule has 0 amide bonds. The minimum atomic E-state index is 0.511. The van der Waals surface area contributed by atoms with Crippen LogP contribution in [0.5, 0.6) is 5.75 Å². The van der Waals surface area contributed by atoms with E-state index in [9.17, 15) is 0 Å². The third-order valence-corrected chi connectivity index (χ3v) is 3.49. The summed E-state index contributed by atoms with van der Waals surface area (Å²) in [6.07, 6.45) is 2.07. The van der Waals surface area contributed by atoms with Crippen LogP contribution in [-0.2, 0) is 12.3 Å². The van der Waals surface area contributed by atoms with Crippen molar-refractivity contribution in [3.63, 3.8) is 0 Å². The van der Waals surface area contributed by atoms with Crippen molar-refractivity contribution in [3.05, 3.63) is 47.9 Å². The third-order valence-electron chi connectivity index (χ3n) is 2.92. The molecule has 0 bridgehead atoms. The summed E-state index contributed by atoms with van der Waals surface area (Å²) in [5.41, 5.74) is 1.00. The second-order valence-electron chi connectivity index (χ2n) is 5.36. The summed E-state index contributed by atoms with van der Waals surface area (Å²) < 4.78 is 11.6. The zero-order valence-corrected chi connectivity index (χ0v) is 13.7. The highest BCUT2D eigenvalue weighted by Gasteiger charge is 2.06. The Morgan fingerprint density at radius 3 is 2.67 bits per heavy atom. The summed E-state index contributed by atoms with van der Waals surface area (Å²) in [4.78, 5) is 0. The maximum absolute atomic E-state index is 5.83. The van der Waals surface area contributed by atoms with E-state index < -0.39 is 0 Å². The van der Waals surface area contributed by atoms with Gasteiger partial charge < -0.3 is 14.5 Å². The van der Waals surface area contributed by atoms with Gasteiger partial charge in [-0.25, -0.2) is 0 Å². The van der Waals surface area contributed by atoms with Crippen molar-refractivity contribution in [2.45, 2.75) is 26.1 Å². The van der Waals surface area contributed by atoms with E-state index in [0.717, 1.165) is 35.3 Å². The highest BCUT2D eigenvalue weighted by Crippen LogP contribution is 2.25. The monoisotopic (exact) mass is 305 g/mol. The number of benzene rings is 1. The predicted molar refractivity (Wildman–Crippen MR) is 90.0 cm³/mol. The van der Waals surface area contributed by atoms with Crippen molar-refractivity contribution in [1.82, 2.24) is 0 Å². The second kappa shape index (κ2) is 8.03. The number of furan rings is 1. The minimum absolute atomic E-state index is 0.511. The van der Waals surface area contributed by atoms with Crippen LogP contribution in [-0.4, -0.2) is 12.9 Å². The molecule has 0 radical (unpaired) electrons. The summed E-state index contributed by atoms with van der Waals surface area (Å²) in [6.45, 7) is 5.67. The van der Waals surface area contributed by atoms with Crippen molar-refractivity contribution >= 4 is 17.4 Å². The Balaban J connectivity index is 1.95. The van der Waals surface area contributed by atoms with Crippen molar-refractivity contribution in [1.29, 1.82) is 0 Å². The Labute approximate surface area is 131 Å². The Morgan fingerprint density at radius 2 is 1.90 bits per heavy atom. The summed E-state index contributed by atoms with van der Waals surface area (Å²) in [7, 11) is 0. The van der Waals surface area contributed by atoms with Gasteiger partial charge in [0.1, 0.15) is 17.3 Å². The zero-order chi connectivity index (χ0) is 15.1. The molecule has 0 aliphatic heterocycles. The van der Waals surface area contributed by atoms with Crippen LogP contribution in [0.4, 0.5) is 5.69 Å². The number of nitrogens with one attached hydrogen (secondary N) is 1. The van der Waals surface area contributed by atoms with Gasteiger partial charge in [0.25, 0.3) is 0 Å². The van der Waals surface area contributed by atoms with Crippen LogP contribution in [0, 0.1) is 5.92 Å². The van der Waals surface area contributed by atoms with E-state index in [4.69, 9.17) is 9.15 Å². The lowest BCUT2D eigenvalue weighted by Gasteiger charge is -2.13. The van der Waals surface area contributed by atoms with Crippen molar-refractivity contribution in [2.75, 3.05) is 18.2 Å². The highest BCUT2D eigenvalue weighted by atomic mass is 32.2. The van der Waals surface area contributed by atoms with E-state index in [1.807, 2.05) is 36.4 Å². The largest absolute Gasteiger partial charge is 0.491 e. The zero-order valence-electron chi connectivity index (χ0n) is 12.9. The fourth-order valence-electron chi connectivity index (χ4n) is 1.91. The number of hydrogen-bond donors (Lipinski definition) is 1. The molecule has 1 heterocycles. The van der Waals surface area contributed by atoms with Crippen molar-refractivity contribution in [2.24, 2.45) is 5.92 Å². The fourth-order valence-corrected chi connectivity index (χ4v) is 2.35. The van der Waals surface area contributed by atoms with Gasteiger partial charge in [-0.15, -0.1) is 0 Å². The summed E-state index contributed by atoms with van der Waals surface area (Å²) >= 11 is 1.76. The fraction of sp³-hybridized carbons (Fsp3) is 0.412. The molecule has 1 aromatic carbocycles. The normalized spacial score (nSPS) is 10.9. The van der Waals surface area contributed by atoms with Crippen LogP contribution < -0.4 is 10.1 Å². The van der Waals surface area contributed by atoms with E-state index in [2.05, 4.69) is 25.4 Å². The predicted octanol–water partition coefficient (Wildman–Crippen LogP) is 4.79. The molecular weight excluding hydrogens is 282 g/mol. The lowest BCUT2D eigenvalue weighted by molar-refractivity contribution is 0.272. The summed E-state index contributed by atoms with van der Waals surface area (Å²) in [5.74, 6) is 4.27. The molecule has 0 unspecified atom stereocenters. The first-order valence-corrected chi connectivity index (χ1v) is 8.60.